The SMILES string of the molecule is CCCNc1ccc(Cl)c(C(=O)N(C)CCCOC)n1. The highest BCUT2D eigenvalue weighted by atomic mass is 35.5. The minimum atomic E-state index is -0.175. The van der Waals surface area contributed by atoms with Crippen molar-refractivity contribution in [2.75, 3.05) is 39.2 Å². The Hall–Kier alpha value is -1.33. The van der Waals surface area contributed by atoms with Crippen LogP contribution < -0.4 is 5.32 Å². The maximum Gasteiger partial charge on any atom is 0.273 e. The number of halogens is 1. The summed E-state index contributed by atoms with van der Waals surface area (Å²) >= 11 is 6.07. The van der Waals surface area contributed by atoms with E-state index >= 15 is 0 Å². The van der Waals surface area contributed by atoms with E-state index in [2.05, 4.69) is 17.2 Å². The predicted octanol–water partition coefficient (Wildman–Crippen LogP) is 2.67. The first kappa shape index (κ1) is 16.7. The highest BCUT2D eigenvalue weighted by molar-refractivity contribution is 6.33. The van der Waals surface area contributed by atoms with Crippen molar-refractivity contribution in [1.82, 2.24) is 9.88 Å². The van der Waals surface area contributed by atoms with Gasteiger partial charge < -0.3 is 15.0 Å². The van der Waals surface area contributed by atoms with Gasteiger partial charge in [0, 0.05) is 33.9 Å². The van der Waals surface area contributed by atoms with Crippen molar-refractivity contribution in [3.05, 3.63) is 22.8 Å². The Bertz CT molecular complexity index is 440. The molecule has 1 aromatic rings. The quantitative estimate of drug-likeness (QED) is 0.750. The van der Waals surface area contributed by atoms with Crippen LogP contribution in [0.4, 0.5) is 5.82 Å². The standard InChI is InChI=1S/C14H22ClN3O2/c1-4-8-16-12-7-6-11(15)13(17-12)14(19)18(2)9-5-10-20-3/h6-7H,4-5,8-10H2,1-3H3,(H,16,17). The molecule has 1 rings (SSSR count). The molecule has 0 fully saturated rings. The first-order valence-electron chi connectivity index (χ1n) is 6.75. The fourth-order valence-corrected chi connectivity index (χ4v) is 1.86. The summed E-state index contributed by atoms with van der Waals surface area (Å²) in [7, 11) is 3.38. The summed E-state index contributed by atoms with van der Waals surface area (Å²) in [5, 5.41) is 3.52. The van der Waals surface area contributed by atoms with Gasteiger partial charge in [0.25, 0.3) is 5.91 Å². The zero-order valence-corrected chi connectivity index (χ0v) is 13.0. The van der Waals surface area contributed by atoms with E-state index in [-0.39, 0.29) is 11.6 Å². The Morgan fingerprint density at radius 1 is 1.50 bits per heavy atom. The number of methoxy groups -OCH3 is 1. The second kappa shape index (κ2) is 8.76. The Labute approximate surface area is 125 Å². The molecule has 1 aromatic heterocycles. The Kier molecular flexibility index (Phi) is 7.33. The van der Waals surface area contributed by atoms with Gasteiger partial charge >= 0.3 is 0 Å². The number of hydrogen-bond donors (Lipinski definition) is 1. The van der Waals surface area contributed by atoms with E-state index in [9.17, 15) is 4.79 Å². The summed E-state index contributed by atoms with van der Waals surface area (Å²) in [6, 6.07) is 3.47. The molecule has 6 heteroatoms. The smallest absolute Gasteiger partial charge is 0.273 e. The summed E-state index contributed by atoms with van der Waals surface area (Å²) in [4.78, 5) is 18.2. The molecule has 20 heavy (non-hydrogen) atoms. The van der Waals surface area contributed by atoms with Gasteiger partial charge in [-0.15, -0.1) is 0 Å². The third-order valence-corrected chi connectivity index (χ3v) is 3.10. The van der Waals surface area contributed by atoms with Gasteiger partial charge in [-0.1, -0.05) is 18.5 Å². The lowest BCUT2D eigenvalue weighted by Gasteiger charge is -2.17. The molecule has 1 amide bonds. The summed E-state index contributed by atoms with van der Waals surface area (Å²) in [5.74, 6) is 0.496. The lowest BCUT2D eigenvalue weighted by Crippen LogP contribution is -2.29. The molecule has 5 nitrogen and oxygen atoms in total. The molecule has 0 radical (unpaired) electrons. The third-order valence-electron chi connectivity index (χ3n) is 2.79. The number of ether oxygens (including phenoxy) is 1. The molecule has 0 bridgehead atoms. The van der Waals surface area contributed by atoms with E-state index in [1.54, 1.807) is 31.2 Å². The van der Waals surface area contributed by atoms with Crippen LogP contribution in [0.15, 0.2) is 12.1 Å². The lowest BCUT2D eigenvalue weighted by atomic mass is 10.3. The maximum atomic E-state index is 12.3. The average Bonchev–Trinajstić information content (AvgIpc) is 2.45. The van der Waals surface area contributed by atoms with Crippen LogP contribution in [-0.4, -0.2) is 49.6 Å². The summed E-state index contributed by atoms with van der Waals surface area (Å²) in [5.41, 5.74) is 0.285. The Balaban J connectivity index is 2.74. The van der Waals surface area contributed by atoms with Crippen LogP contribution in [-0.2, 0) is 4.74 Å². The van der Waals surface area contributed by atoms with Crippen molar-refractivity contribution >= 4 is 23.3 Å². The zero-order valence-electron chi connectivity index (χ0n) is 12.3. The van der Waals surface area contributed by atoms with Gasteiger partial charge in [-0.2, -0.15) is 0 Å². The van der Waals surface area contributed by atoms with E-state index in [0.717, 1.165) is 19.4 Å². The number of carbonyl (C=O) groups excluding carboxylic acids is 1. The highest BCUT2D eigenvalue weighted by Crippen LogP contribution is 2.18. The molecule has 1 heterocycles. The zero-order chi connectivity index (χ0) is 15.0. The monoisotopic (exact) mass is 299 g/mol. The van der Waals surface area contributed by atoms with Crippen LogP contribution in [0.2, 0.25) is 5.02 Å². The van der Waals surface area contributed by atoms with Crippen LogP contribution in [0.1, 0.15) is 30.3 Å². The largest absolute Gasteiger partial charge is 0.385 e. The molecule has 0 aliphatic rings. The van der Waals surface area contributed by atoms with E-state index in [0.29, 0.717) is 24.0 Å². The van der Waals surface area contributed by atoms with Crippen LogP contribution in [0, 0.1) is 0 Å². The molecule has 0 saturated carbocycles. The number of nitrogens with one attached hydrogen (secondary N) is 1. The van der Waals surface area contributed by atoms with E-state index < -0.39 is 0 Å². The predicted molar refractivity (Wildman–Crippen MR) is 81.5 cm³/mol. The molecular weight excluding hydrogens is 278 g/mol. The van der Waals surface area contributed by atoms with Crippen LogP contribution in [0.5, 0.6) is 0 Å². The number of amides is 1. The lowest BCUT2D eigenvalue weighted by molar-refractivity contribution is 0.0774. The van der Waals surface area contributed by atoms with E-state index in [1.165, 1.54) is 0 Å². The van der Waals surface area contributed by atoms with E-state index in [4.69, 9.17) is 16.3 Å². The van der Waals surface area contributed by atoms with Crippen molar-refractivity contribution < 1.29 is 9.53 Å². The van der Waals surface area contributed by atoms with Gasteiger partial charge in [-0.3, -0.25) is 4.79 Å². The number of nitrogens with zero attached hydrogens (tertiary/aromatic N) is 2. The van der Waals surface area contributed by atoms with Gasteiger partial charge in [0.15, 0.2) is 0 Å². The maximum absolute atomic E-state index is 12.3. The van der Waals surface area contributed by atoms with Crippen molar-refractivity contribution in [3.63, 3.8) is 0 Å². The second-order valence-corrected chi connectivity index (χ2v) is 4.93. The molecule has 112 valence electrons. The summed E-state index contributed by atoms with van der Waals surface area (Å²) in [6.45, 7) is 4.11. The third kappa shape index (κ3) is 4.98. The van der Waals surface area contributed by atoms with Crippen molar-refractivity contribution in [2.45, 2.75) is 19.8 Å². The molecule has 0 unspecified atom stereocenters. The summed E-state index contributed by atoms with van der Waals surface area (Å²) in [6.07, 6.45) is 1.77. The minimum absolute atomic E-state index is 0.175. The topological polar surface area (TPSA) is 54.5 Å². The van der Waals surface area contributed by atoms with E-state index in [1.807, 2.05) is 0 Å². The first-order chi connectivity index (χ1) is 9.60. The Morgan fingerprint density at radius 2 is 2.25 bits per heavy atom. The van der Waals surface area contributed by atoms with Crippen LogP contribution in [0.3, 0.4) is 0 Å². The van der Waals surface area contributed by atoms with Crippen LogP contribution >= 0.6 is 11.6 Å². The average molecular weight is 300 g/mol. The van der Waals surface area contributed by atoms with Gasteiger partial charge in [0.1, 0.15) is 11.5 Å². The van der Waals surface area contributed by atoms with Gasteiger partial charge in [-0.25, -0.2) is 4.98 Å². The molecule has 0 saturated heterocycles. The van der Waals surface area contributed by atoms with Crippen molar-refractivity contribution in [2.24, 2.45) is 0 Å². The highest BCUT2D eigenvalue weighted by Gasteiger charge is 2.17. The normalized spacial score (nSPS) is 10.4. The number of pyridine rings is 1. The van der Waals surface area contributed by atoms with Gasteiger partial charge in [0.2, 0.25) is 0 Å². The molecule has 0 aliphatic heterocycles. The molecule has 0 aromatic carbocycles. The van der Waals surface area contributed by atoms with Crippen molar-refractivity contribution in [3.8, 4) is 0 Å². The molecule has 0 atom stereocenters. The molecule has 0 aliphatic carbocycles. The first-order valence-corrected chi connectivity index (χ1v) is 7.12. The second-order valence-electron chi connectivity index (χ2n) is 4.53. The van der Waals surface area contributed by atoms with Crippen molar-refractivity contribution in [1.29, 1.82) is 0 Å². The van der Waals surface area contributed by atoms with Gasteiger partial charge in [-0.05, 0) is 25.0 Å². The number of carbonyl (C=O) groups is 1. The molecular formula is C14H22ClN3O2. The number of hydrogen-bond acceptors (Lipinski definition) is 4. The number of rotatable bonds is 8. The fourth-order valence-electron chi connectivity index (χ4n) is 1.67. The number of anilines is 1. The molecule has 1 N–H and O–H groups in total. The van der Waals surface area contributed by atoms with Crippen LogP contribution in [0.25, 0.3) is 0 Å². The minimum Gasteiger partial charge on any atom is -0.385 e. The van der Waals surface area contributed by atoms with Gasteiger partial charge in [0.05, 0.1) is 5.02 Å². The fraction of sp³-hybridized carbons (Fsp3) is 0.571. The Morgan fingerprint density at radius 3 is 2.90 bits per heavy atom. The number of aromatic nitrogens is 1. The molecule has 0 spiro atoms. The summed E-state index contributed by atoms with van der Waals surface area (Å²) < 4.78 is 4.98.